The number of carbonyl (C=O) groups excluding carboxylic acids is 2. The summed E-state index contributed by atoms with van der Waals surface area (Å²) in [5.74, 6) is -1.66. The molecule has 6 rings (SSSR count). The van der Waals surface area contributed by atoms with Crippen LogP contribution >= 0.6 is 0 Å². The Morgan fingerprint density at radius 2 is 1.81 bits per heavy atom. The maximum atomic E-state index is 14.9. The van der Waals surface area contributed by atoms with Crippen LogP contribution in [0, 0.1) is 5.82 Å². The molecule has 2 aliphatic rings. The number of Topliss-reactive ketones (excluding diaryl/α,β-unsaturated/α-hetero) is 1. The van der Waals surface area contributed by atoms with Crippen LogP contribution in [-0.2, 0) is 28.6 Å². The summed E-state index contributed by atoms with van der Waals surface area (Å²) in [4.78, 5) is 32.8. The van der Waals surface area contributed by atoms with Crippen LogP contribution in [0.25, 0.3) is 10.8 Å². The average molecular weight is 592 g/mol. The number of rotatable bonds is 7. The highest BCUT2D eigenvalue weighted by Crippen LogP contribution is 2.39. The second-order valence-electron chi connectivity index (χ2n) is 11.2. The third-order valence-electron chi connectivity index (χ3n) is 8.05. The highest BCUT2D eigenvalue weighted by atomic mass is 19.4. The van der Waals surface area contributed by atoms with Gasteiger partial charge in [0.1, 0.15) is 11.9 Å². The van der Waals surface area contributed by atoms with Gasteiger partial charge in [-0.2, -0.15) is 18.3 Å². The van der Waals surface area contributed by atoms with E-state index in [1.807, 2.05) is 29.2 Å². The molecule has 2 aromatic carbocycles. The minimum absolute atomic E-state index is 0.0284. The molecule has 1 fully saturated rings. The third kappa shape index (κ3) is 5.94. The van der Waals surface area contributed by atoms with E-state index in [4.69, 9.17) is 0 Å². The predicted octanol–water partition coefficient (Wildman–Crippen LogP) is 5.90. The molecule has 4 aromatic rings. The van der Waals surface area contributed by atoms with E-state index in [9.17, 15) is 27.2 Å². The Bertz CT molecular complexity index is 1750. The van der Waals surface area contributed by atoms with Crippen molar-refractivity contribution in [3.63, 3.8) is 0 Å². The number of nitrogens with zero attached hydrogens (tertiary/aromatic N) is 4. The first-order chi connectivity index (χ1) is 20.6. The molecule has 7 nitrogen and oxygen atoms in total. The van der Waals surface area contributed by atoms with Gasteiger partial charge >= 0.3 is 6.18 Å². The van der Waals surface area contributed by atoms with Crippen molar-refractivity contribution in [1.29, 1.82) is 0 Å². The number of ketones is 1. The standard InChI is InChI=1S/C32H29F4N5O2/c1-19-12-24-16-28(38-29(43)18-40-10-2-3-11-40)39-41(24)31(22-6-7-25(26(33)15-22)32(34,35)36)30(19)27(42)14-20-4-5-23-17-37-9-8-21(23)13-20/h4-9,13,15-17,31H,2-3,10-12,14,18H2,1H3,(H,38,39,43). The molecule has 0 aliphatic carbocycles. The van der Waals surface area contributed by atoms with Crippen LogP contribution in [0.4, 0.5) is 23.4 Å². The molecule has 2 aromatic heterocycles. The van der Waals surface area contributed by atoms with E-state index in [1.165, 1.54) is 10.7 Å². The van der Waals surface area contributed by atoms with Crippen LogP contribution in [0.3, 0.4) is 0 Å². The number of hydrogen-bond donors (Lipinski definition) is 1. The predicted molar refractivity (Wildman–Crippen MR) is 153 cm³/mol. The van der Waals surface area contributed by atoms with E-state index in [0.717, 1.165) is 48.3 Å². The molecular formula is C32H29F4N5O2. The van der Waals surface area contributed by atoms with Gasteiger partial charge in [-0.25, -0.2) is 4.39 Å². The zero-order valence-corrected chi connectivity index (χ0v) is 23.4. The molecule has 222 valence electrons. The zero-order chi connectivity index (χ0) is 30.3. The molecule has 0 radical (unpaired) electrons. The first-order valence-electron chi connectivity index (χ1n) is 14.1. The molecule has 43 heavy (non-hydrogen) atoms. The van der Waals surface area contributed by atoms with Crippen molar-refractivity contribution >= 4 is 28.3 Å². The first kappa shape index (κ1) is 28.7. The maximum Gasteiger partial charge on any atom is 0.419 e. The number of fused-ring (bicyclic) bond motifs is 2. The fraction of sp³-hybridized carbons (Fsp3) is 0.312. The van der Waals surface area contributed by atoms with E-state index in [0.29, 0.717) is 29.3 Å². The number of aromatic nitrogens is 3. The van der Waals surface area contributed by atoms with E-state index in [-0.39, 0.29) is 36.0 Å². The van der Waals surface area contributed by atoms with E-state index < -0.39 is 23.6 Å². The Labute approximate surface area is 245 Å². The Morgan fingerprint density at radius 1 is 1.02 bits per heavy atom. The highest BCUT2D eigenvalue weighted by Gasteiger charge is 2.37. The van der Waals surface area contributed by atoms with Crippen molar-refractivity contribution in [2.24, 2.45) is 0 Å². The van der Waals surface area contributed by atoms with Crippen molar-refractivity contribution in [2.45, 2.75) is 44.8 Å². The minimum atomic E-state index is -4.87. The van der Waals surface area contributed by atoms with Gasteiger partial charge in [0.15, 0.2) is 11.6 Å². The number of nitrogens with one attached hydrogen (secondary N) is 1. The molecule has 0 saturated carbocycles. The SMILES string of the molecule is CC1=C(C(=O)Cc2ccc3cnccc3c2)C(c2ccc(C(F)(F)F)c(F)c2)n2nc(NC(=O)CN3CCCC3)cc2C1. The Kier molecular flexibility index (Phi) is 7.59. The summed E-state index contributed by atoms with van der Waals surface area (Å²) in [6.07, 6.45) is 0.960. The smallest absolute Gasteiger partial charge is 0.308 e. The molecule has 1 amide bonds. The zero-order valence-electron chi connectivity index (χ0n) is 23.4. The number of alkyl halides is 3. The molecule has 1 saturated heterocycles. The van der Waals surface area contributed by atoms with Gasteiger partial charge < -0.3 is 5.32 Å². The van der Waals surface area contributed by atoms with Crippen molar-refractivity contribution in [3.05, 3.63) is 100 Å². The van der Waals surface area contributed by atoms with Gasteiger partial charge in [-0.15, -0.1) is 0 Å². The molecule has 0 spiro atoms. The largest absolute Gasteiger partial charge is 0.419 e. The van der Waals surface area contributed by atoms with Gasteiger partial charge in [0, 0.05) is 48.0 Å². The van der Waals surface area contributed by atoms with Crippen LogP contribution in [0.15, 0.2) is 72.1 Å². The molecule has 1 unspecified atom stereocenters. The quantitative estimate of drug-likeness (QED) is 0.271. The molecule has 1 atom stereocenters. The Balaban J connectivity index is 1.36. The first-order valence-corrected chi connectivity index (χ1v) is 14.1. The minimum Gasteiger partial charge on any atom is -0.308 e. The Morgan fingerprint density at radius 3 is 2.56 bits per heavy atom. The number of anilines is 1. The molecule has 0 bridgehead atoms. The number of carbonyl (C=O) groups is 2. The number of benzene rings is 2. The third-order valence-corrected chi connectivity index (χ3v) is 8.05. The molecule has 4 heterocycles. The average Bonchev–Trinajstić information content (AvgIpc) is 3.60. The van der Waals surface area contributed by atoms with Gasteiger partial charge in [0.2, 0.25) is 5.91 Å². The lowest BCUT2D eigenvalue weighted by atomic mass is 9.85. The van der Waals surface area contributed by atoms with Gasteiger partial charge in [-0.1, -0.05) is 29.8 Å². The second-order valence-corrected chi connectivity index (χ2v) is 11.2. The lowest BCUT2D eigenvalue weighted by molar-refractivity contribution is -0.140. The van der Waals surface area contributed by atoms with Crippen LogP contribution in [0.5, 0.6) is 0 Å². The number of hydrogen-bond acceptors (Lipinski definition) is 5. The normalized spacial score (nSPS) is 17.4. The maximum absolute atomic E-state index is 14.9. The summed E-state index contributed by atoms with van der Waals surface area (Å²) in [6, 6.07) is 10.8. The monoisotopic (exact) mass is 591 g/mol. The second kappa shape index (κ2) is 11.4. The lowest BCUT2D eigenvalue weighted by Gasteiger charge is -2.29. The van der Waals surface area contributed by atoms with Gasteiger partial charge in [-0.3, -0.25) is 24.2 Å². The van der Waals surface area contributed by atoms with Crippen LogP contribution in [0.2, 0.25) is 0 Å². The molecule has 1 N–H and O–H groups in total. The van der Waals surface area contributed by atoms with Gasteiger partial charge in [0.05, 0.1) is 12.1 Å². The van der Waals surface area contributed by atoms with E-state index in [2.05, 4.69) is 15.4 Å². The summed E-state index contributed by atoms with van der Waals surface area (Å²) >= 11 is 0. The topological polar surface area (TPSA) is 80.1 Å². The lowest BCUT2D eigenvalue weighted by Crippen LogP contribution is -2.31. The number of pyridine rings is 1. The van der Waals surface area contributed by atoms with Crippen LogP contribution < -0.4 is 5.32 Å². The summed E-state index contributed by atoms with van der Waals surface area (Å²) < 4.78 is 56.5. The fourth-order valence-electron chi connectivity index (χ4n) is 6.05. The summed E-state index contributed by atoms with van der Waals surface area (Å²) in [5.41, 5.74) is 1.19. The number of allylic oxidation sites excluding steroid dienone is 2. The number of halogens is 4. The number of amides is 1. The Hall–Kier alpha value is -4.38. The van der Waals surface area contributed by atoms with Crippen molar-refractivity contribution in [1.82, 2.24) is 19.7 Å². The van der Waals surface area contributed by atoms with Crippen LogP contribution in [-0.4, -0.2) is 51.0 Å². The summed E-state index contributed by atoms with van der Waals surface area (Å²) in [6.45, 7) is 3.70. The van der Waals surface area contributed by atoms with Gasteiger partial charge in [-0.05, 0) is 67.6 Å². The molecule has 2 aliphatic heterocycles. The van der Waals surface area contributed by atoms with E-state index in [1.54, 1.807) is 25.4 Å². The van der Waals surface area contributed by atoms with Crippen LogP contribution in [0.1, 0.15) is 48.2 Å². The molecular weight excluding hydrogens is 562 g/mol. The van der Waals surface area contributed by atoms with E-state index >= 15 is 0 Å². The summed E-state index contributed by atoms with van der Waals surface area (Å²) in [7, 11) is 0. The summed E-state index contributed by atoms with van der Waals surface area (Å²) in [5, 5.41) is 9.22. The number of likely N-dealkylation sites (tertiary alicyclic amines) is 1. The fourth-order valence-corrected chi connectivity index (χ4v) is 6.05. The van der Waals surface area contributed by atoms with Crippen molar-refractivity contribution in [2.75, 3.05) is 25.0 Å². The highest BCUT2D eigenvalue weighted by molar-refractivity contribution is 6.00. The van der Waals surface area contributed by atoms with Crippen molar-refractivity contribution < 1.29 is 27.2 Å². The molecule has 11 heteroatoms. The van der Waals surface area contributed by atoms with Crippen molar-refractivity contribution in [3.8, 4) is 0 Å². The van der Waals surface area contributed by atoms with Gasteiger partial charge in [0.25, 0.3) is 0 Å².